The van der Waals surface area contributed by atoms with Crippen LogP contribution in [-0.4, -0.2) is 8.07 Å². The third kappa shape index (κ3) is 30.0. The van der Waals surface area contributed by atoms with Crippen molar-refractivity contribution in [1.82, 2.24) is 0 Å². The lowest BCUT2D eigenvalue weighted by molar-refractivity contribution is 0.569. The van der Waals surface area contributed by atoms with E-state index in [1.807, 2.05) is 0 Å². The van der Waals surface area contributed by atoms with Crippen LogP contribution in [0.5, 0.6) is 0 Å². The molecule has 0 fully saturated rings. The molecular formula is C40H84Si. The van der Waals surface area contributed by atoms with Crippen LogP contribution in [0, 0.1) is 0 Å². The maximum atomic E-state index is 2.34. The minimum atomic E-state index is -1.12. The molecule has 0 spiro atoms. The fourth-order valence-corrected chi connectivity index (χ4v) is 12.8. The summed E-state index contributed by atoms with van der Waals surface area (Å²) in [6, 6.07) is 6.74. The summed E-state index contributed by atoms with van der Waals surface area (Å²) in [5.41, 5.74) is 0. The molecule has 0 aromatic carbocycles. The summed E-state index contributed by atoms with van der Waals surface area (Å²) in [4.78, 5) is 0. The summed E-state index contributed by atoms with van der Waals surface area (Å²) in [7, 11) is -1.12. The van der Waals surface area contributed by atoms with Crippen LogP contribution in [0.25, 0.3) is 0 Å². The maximum absolute atomic E-state index is 2.34. The van der Waals surface area contributed by atoms with E-state index >= 15 is 0 Å². The third-order valence-corrected chi connectivity index (χ3v) is 15.9. The van der Waals surface area contributed by atoms with Gasteiger partial charge in [-0.1, -0.05) is 257 Å². The van der Waals surface area contributed by atoms with E-state index in [9.17, 15) is 0 Å². The van der Waals surface area contributed by atoms with Crippen molar-refractivity contribution in [2.24, 2.45) is 0 Å². The Kier molecular flexibility index (Phi) is 34.9. The van der Waals surface area contributed by atoms with Crippen molar-refractivity contribution in [2.75, 3.05) is 0 Å². The van der Waals surface area contributed by atoms with Gasteiger partial charge in [-0.3, -0.25) is 0 Å². The van der Waals surface area contributed by atoms with Gasteiger partial charge in [0.05, 0.1) is 8.07 Å². The van der Waals surface area contributed by atoms with Gasteiger partial charge < -0.3 is 0 Å². The van der Waals surface area contributed by atoms with Gasteiger partial charge >= 0.3 is 0 Å². The van der Waals surface area contributed by atoms with E-state index in [0.717, 1.165) is 0 Å². The van der Waals surface area contributed by atoms with Gasteiger partial charge in [0.1, 0.15) is 0 Å². The van der Waals surface area contributed by atoms with Crippen molar-refractivity contribution in [3.8, 4) is 0 Å². The molecular weight excluding hydrogens is 509 g/mol. The predicted octanol–water partition coefficient (Wildman–Crippen LogP) is 16.0. The first kappa shape index (κ1) is 41.2. The lowest BCUT2D eigenvalue weighted by Crippen LogP contribution is -2.34. The van der Waals surface area contributed by atoms with Crippen LogP contribution in [0.1, 0.15) is 233 Å². The molecule has 41 heavy (non-hydrogen) atoms. The van der Waals surface area contributed by atoms with Crippen molar-refractivity contribution in [3.63, 3.8) is 0 Å². The van der Waals surface area contributed by atoms with Gasteiger partial charge in [-0.2, -0.15) is 0 Å². The average molecular weight is 593 g/mol. The minimum Gasteiger partial charge on any atom is -0.0654 e. The van der Waals surface area contributed by atoms with Crippen LogP contribution in [0.2, 0.25) is 24.2 Å². The van der Waals surface area contributed by atoms with E-state index in [1.165, 1.54) is 180 Å². The Morgan fingerprint density at radius 1 is 0.195 bits per heavy atom. The molecule has 0 nitrogen and oxygen atoms in total. The number of rotatable bonds is 36. The molecule has 0 aromatic heterocycles. The third-order valence-electron chi connectivity index (χ3n) is 10.2. The zero-order chi connectivity index (χ0) is 30.0. The molecule has 0 saturated carbocycles. The van der Waals surface area contributed by atoms with Gasteiger partial charge in [0.15, 0.2) is 0 Å². The molecule has 0 amide bonds. The molecule has 0 N–H and O–H groups in total. The summed E-state index contributed by atoms with van der Waals surface area (Å²) in [5, 5.41) is 0. The standard InChI is InChI=1S/C40H84Si/c1-5-9-13-17-21-25-29-33-37-41(38-34-30-26-22-18-14-10-6-2,39-35-31-27-23-19-15-11-7-3)40-36-32-28-24-20-16-12-8-4/h5-40H2,1-4H3. The molecule has 0 aromatic rings. The molecule has 0 radical (unpaired) electrons. The van der Waals surface area contributed by atoms with E-state index in [2.05, 4.69) is 27.7 Å². The van der Waals surface area contributed by atoms with Crippen molar-refractivity contribution >= 4 is 8.07 Å². The zero-order valence-electron chi connectivity index (χ0n) is 30.0. The van der Waals surface area contributed by atoms with Crippen LogP contribution in [0.4, 0.5) is 0 Å². The van der Waals surface area contributed by atoms with Crippen LogP contribution < -0.4 is 0 Å². The largest absolute Gasteiger partial charge is 0.0654 e. The monoisotopic (exact) mass is 593 g/mol. The summed E-state index contributed by atoms with van der Waals surface area (Å²) in [6.45, 7) is 9.37. The molecule has 0 rings (SSSR count). The Labute approximate surface area is 264 Å². The highest BCUT2D eigenvalue weighted by Crippen LogP contribution is 2.35. The Bertz CT molecular complexity index is 372. The Morgan fingerprint density at radius 2 is 0.341 bits per heavy atom. The number of hydrogen-bond acceptors (Lipinski definition) is 0. The van der Waals surface area contributed by atoms with Crippen LogP contribution in [0.15, 0.2) is 0 Å². The van der Waals surface area contributed by atoms with Crippen molar-refractivity contribution in [3.05, 3.63) is 0 Å². The van der Waals surface area contributed by atoms with Gasteiger partial charge in [0, 0.05) is 0 Å². The normalized spacial score (nSPS) is 12.0. The highest BCUT2D eigenvalue weighted by Gasteiger charge is 2.30. The molecule has 0 atom stereocenters. The molecule has 1 heteroatoms. The fraction of sp³-hybridized carbons (Fsp3) is 1.00. The second-order valence-electron chi connectivity index (χ2n) is 14.4. The van der Waals surface area contributed by atoms with Crippen LogP contribution in [-0.2, 0) is 0 Å². The van der Waals surface area contributed by atoms with E-state index in [4.69, 9.17) is 0 Å². The smallest absolute Gasteiger partial charge is 0.0535 e. The highest BCUT2D eigenvalue weighted by atomic mass is 28.3. The summed E-state index contributed by atoms with van der Waals surface area (Å²) < 4.78 is 0. The number of unbranched alkanes of at least 4 members (excludes halogenated alkanes) is 28. The zero-order valence-corrected chi connectivity index (χ0v) is 31.0. The lowest BCUT2D eigenvalue weighted by atomic mass is 10.1. The Morgan fingerprint density at radius 3 is 0.512 bits per heavy atom. The molecule has 0 heterocycles. The molecule has 0 bridgehead atoms. The lowest BCUT2D eigenvalue weighted by Gasteiger charge is -2.33. The van der Waals surface area contributed by atoms with Gasteiger partial charge in [-0.25, -0.2) is 0 Å². The van der Waals surface area contributed by atoms with Crippen molar-refractivity contribution in [2.45, 2.75) is 257 Å². The molecule has 0 saturated heterocycles. The van der Waals surface area contributed by atoms with Gasteiger partial charge in [0.2, 0.25) is 0 Å². The first-order chi connectivity index (χ1) is 20.2. The fourth-order valence-electron chi connectivity index (χ4n) is 7.29. The van der Waals surface area contributed by atoms with E-state index in [0.29, 0.717) is 0 Å². The van der Waals surface area contributed by atoms with Crippen LogP contribution in [0.3, 0.4) is 0 Å². The topological polar surface area (TPSA) is 0 Å². The van der Waals surface area contributed by atoms with Gasteiger partial charge in [-0.15, -0.1) is 0 Å². The SMILES string of the molecule is CCCCCCCCCC[Si](CCCCCCCCCC)(CCCCCCCCCC)CCCCCCCCCC. The summed E-state index contributed by atoms with van der Waals surface area (Å²) in [6.07, 6.45) is 47.7. The van der Waals surface area contributed by atoms with Crippen molar-refractivity contribution in [1.29, 1.82) is 0 Å². The Hall–Kier alpha value is 0.217. The maximum Gasteiger partial charge on any atom is 0.0535 e. The molecule has 0 unspecified atom stereocenters. The van der Waals surface area contributed by atoms with E-state index < -0.39 is 8.07 Å². The van der Waals surface area contributed by atoms with E-state index in [-0.39, 0.29) is 0 Å². The average Bonchev–Trinajstić information content (AvgIpc) is 2.98. The molecule has 0 aliphatic rings. The van der Waals surface area contributed by atoms with Crippen molar-refractivity contribution < 1.29 is 0 Å². The minimum absolute atomic E-state index is 1.12. The first-order valence-corrected chi connectivity index (χ1v) is 23.1. The predicted molar refractivity (Wildman–Crippen MR) is 195 cm³/mol. The van der Waals surface area contributed by atoms with Crippen LogP contribution >= 0.6 is 0 Å². The summed E-state index contributed by atoms with van der Waals surface area (Å²) in [5.74, 6) is 0. The Balaban J connectivity index is 4.82. The number of hydrogen-bond donors (Lipinski definition) is 0. The first-order valence-electron chi connectivity index (χ1n) is 20.2. The summed E-state index contributed by atoms with van der Waals surface area (Å²) >= 11 is 0. The molecule has 0 aliphatic heterocycles. The van der Waals surface area contributed by atoms with E-state index in [1.54, 1.807) is 49.9 Å². The second-order valence-corrected chi connectivity index (χ2v) is 19.4. The molecule has 248 valence electrons. The highest BCUT2D eigenvalue weighted by molar-refractivity contribution is 6.79. The van der Waals surface area contributed by atoms with Gasteiger partial charge in [0.25, 0.3) is 0 Å². The molecule has 0 aliphatic carbocycles. The second kappa shape index (κ2) is 34.7. The quantitative estimate of drug-likeness (QED) is 0.0501. The van der Waals surface area contributed by atoms with Gasteiger partial charge in [-0.05, 0) is 0 Å².